The molecule has 1 aromatic carbocycles. The van der Waals surface area contributed by atoms with Gasteiger partial charge >= 0.3 is 5.97 Å². The summed E-state index contributed by atoms with van der Waals surface area (Å²) in [4.78, 5) is 14.0. The Hall–Kier alpha value is -1.68. The van der Waals surface area contributed by atoms with Gasteiger partial charge in [-0.05, 0) is 38.5 Å². The van der Waals surface area contributed by atoms with E-state index < -0.39 is 27.3 Å². The molecule has 8 nitrogen and oxygen atoms in total. The lowest BCUT2D eigenvalue weighted by molar-refractivity contribution is -0.147. The molecule has 1 aliphatic heterocycles. The fraction of sp³-hybridized carbons (Fsp3) is 0.588. The number of hydrogen-bond acceptors (Lipinski definition) is 7. The molecule has 0 radical (unpaired) electrons. The summed E-state index contributed by atoms with van der Waals surface area (Å²) in [5.74, 6) is -1.29. The van der Waals surface area contributed by atoms with Crippen LogP contribution in [-0.2, 0) is 19.6 Å². The molecule has 0 aromatic heterocycles. The second-order valence-corrected chi connectivity index (χ2v) is 8.05. The minimum atomic E-state index is -3.72. The van der Waals surface area contributed by atoms with Gasteiger partial charge in [0.25, 0.3) is 0 Å². The van der Waals surface area contributed by atoms with Gasteiger partial charge in [0.05, 0.1) is 6.61 Å². The van der Waals surface area contributed by atoms with Gasteiger partial charge in [-0.1, -0.05) is 12.1 Å². The van der Waals surface area contributed by atoms with Crippen LogP contribution >= 0.6 is 0 Å². The number of aryl methyl sites for hydroxylation is 1. The third kappa shape index (κ3) is 5.16. The first-order valence-corrected chi connectivity index (χ1v) is 10.4. The number of nitrogens with zero attached hydrogens (tertiary/aromatic N) is 1. The van der Waals surface area contributed by atoms with E-state index in [1.807, 2.05) is 32.0 Å². The molecule has 0 saturated carbocycles. The predicted octanol–water partition coefficient (Wildman–Crippen LogP) is 0.354. The summed E-state index contributed by atoms with van der Waals surface area (Å²) in [5, 5.41) is -1.05. The van der Waals surface area contributed by atoms with Crippen LogP contribution in [0.15, 0.2) is 24.3 Å². The Morgan fingerprint density at radius 2 is 2.15 bits per heavy atom. The highest BCUT2D eigenvalue weighted by Gasteiger charge is 2.42. The van der Waals surface area contributed by atoms with Crippen LogP contribution in [0.3, 0.4) is 0 Å². The van der Waals surface area contributed by atoms with Crippen LogP contribution in [-0.4, -0.2) is 52.5 Å². The minimum absolute atomic E-state index is 0.217. The number of esters is 1. The minimum Gasteiger partial charge on any atom is -0.466 e. The molecule has 146 valence electrons. The van der Waals surface area contributed by atoms with Crippen LogP contribution in [0.5, 0.6) is 0 Å². The van der Waals surface area contributed by atoms with Crippen molar-refractivity contribution >= 4 is 21.7 Å². The molecular weight excluding hydrogens is 356 g/mol. The number of carbonyl (C=O) groups is 1. The summed E-state index contributed by atoms with van der Waals surface area (Å²) in [5.41, 5.74) is 7.60. The van der Waals surface area contributed by atoms with Gasteiger partial charge < -0.3 is 9.64 Å². The molecule has 0 spiro atoms. The number of benzene rings is 1. The largest absolute Gasteiger partial charge is 0.466 e. The molecule has 2 atom stereocenters. The molecule has 9 heteroatoms. The van der Waals surface area contributed by atoms with E-state index >= 15 is 0 Å². The van der Waals surface area contributed by atoms with Crippen LogP contribution < -0.4 is 20.5 Å². The van der Waals surface area contributed by atoms with E-state index in [-0.39, 0.29) is 19.7 Å². The Kier molecular flexibility index (Phi) is 7.39. The maximum Gasteiger partial charge on any atom is 0.313 e. The summed E-state index contributed by atoms with van der Waals surface area (Å²) < 4.78 is 32.7. The molecule has 26 heavy (non-hydrogen) atoms. The molecule has 1 saturated heterocycles. The fourth-order valence-electron chi connectivity index (χ4n) is 2.93. The number of likely N-dealkylation sites (N-methyl/N-ethyl adjacent to an activating group) is 1. The summed E-state index contributed by atoms with van der Waals surface area (Å²) in [7, 11) is -3.72. The first-order chi connectivity index (χ1) is 12.4. The van der Waals surface area contributed by atoms with Crippen LogP contribution in [0.1, 0.15) is 19.4 Å². The van der Waals surface area contributed by atoms with Gasteiger partial charge in [-0.15, -0.1) is 0 Å². The van der Waals surface area contributed by atoms with Gasteiger partial charge in [0.2, 0.25) is 10.0 Å². The van der Waals surface area contributed by atoms with Gasteiger partial charge in [-0.3, -0.25) is 10.2 Å². The SMILES string of the molecule is CCOC(=O)C1CNNC1S(=O)(=O)NCCN(CC)c1cccc(C)c1. The summed E-state index contributed by atoms with van der Waals surface area (Å²) in [6, 6.07) is 8.07. The highest BCUT2D eigenvalue weighted by atomic mass is 32.2. The molecule has 0 aliphatic carbocycles. The zero-order chi connectivity index (χ0) is 19.2. The number of ether oxygens (including phenoxy) is 1. The lowest BCUT2D eigenvalue weighted by Gasteiger charge is -2.24. The van der Waals surface area contributed by atoms with E-state index in [0.29, 0.717) is 6.54 Å². The molecular formula is C17H28N4O4S. The topological polar surface area (TPSA) is 99.8 Å². The Bertz CT molecular complexity index is 710. The van der Waals surface area contributed by atoms with Crippen molar-refractivity contribution in [1.29, 1.82) is 0 Å². The average molecular weight is 385 g/mol. The third-order valence-electron chi connectivity index (χ3n) is 4.29. The van der Waals surface area contributed by atoms with Crippen molar-refractivity contribution in [3.8, 4) is 0 Å². The Morgan fingerprint density at radius 3 is 2.81 bits per heavy atom. The molecule has 2 rings (SSSR count). The van der Waals surface area contributed by atoms with Crippen molar-refractivity contribution in [3.63, 3.8) is 0 Å². The molecule has 1 heterocycles. The molecule has 3 N–H and O–H groups in total. The maximum absolute atomic E-state index is 12.6. The van der Waals surface area contributed by atoms with Crippen LogP contribution in [0.4, 0.5) is 5.69 Å². The Balaban J connectivity index is 1.95. The first-order valence-electron chi connectivity index (χ1n) is 8.84. The normalized spacial score (nSPS) is 20.1. The lowest BCUT2D eigenvalue weighted by atomic mass is 10.2. The number of hydrogen-bond donors (Lipinski definition) is 3. The average Bonchev–Trinajstić information content (AvgIpc) is 3.10. The third-order valence-corrected chi connectivity index (χ3v) is 6.01. The zero-order valence-electron chi connectivity index (χ0n) is 15.5. The molecule has 0 amide bonds. The Morgan fingerprint density at radius 1 is 1.38 bits per heavy atom. The van der Waals surface area contributed by atoms with E-state index in [0.717, 1.165) is 17.8 Å². The van der Waals surface area contributed by atoms with E-state index in [1.165, 1.54) is 0 Å². The predicted molar refractivity (Wildman–Crippen MR) is 101 cm³/mol. The van der Waals surface area contributed by atoms with Gasteiger partial charge in [0.1, 0.15) is 5.92 Å². The highest BCUT2D eigenvalue weighted by Crippen LogP contribution is 2.17. The molecule has 1 aliphatic rings. The van der Waals surface area contributed by atoms with Crippen molar-refractivity contribution in [2.45, 2.75) is 26.1 Å². The number of nitrogens with one attached hydrogen (secondary N) is 3. The Labute approximate surface area is 155 Å². The summed E-state index contributed by atoms with van der Waals surface area (Å²) in [6.07, 6.45) is 0. The standard InChI is InChI=1S/C17H28N4O4S/c1-4-21(14-8-6-7-13(3)11-14)10-9-19-26(23,24)16-15(12-18-20-16)17(22)25-5-2/h6-8,11,15-16,18-20H,4-5,9-10,12H2,1-3H3. The quantitative estimate of drug-likeness (QED) is 0.529. The van der Waals surface area contributed by atoms with Crippen LogP contribution in [0, 0.1) is 12.8 Å². The molecule has 2 unspecified atom stereocenters. The highest BCUT2D eigenvalue weighted by molar-refractivity contribution is 7.90. The van der Waals surface area contributed by atoms with Gasteiger partial charge in [0.15, 0.2) is 5.37 Å². The second-order valence-electron chi connectivity index (χ2n) is 6.16. The van der Waals surface area contributed by atoms with Gasteiger partial charge in [-0.25, -0.2) is 18.6 Å². The van der Waals surface area contributed by atoms with Crippen molar-refractivity contribution < 1.29 is 17.9 Å². The molecule has 1 fully saturated rings. The summed E-state index contributed by atoms with van der Waals surface area (Å²) >= 11 is 0. The van der Waals surface area contributed by atoms with Crippen molar-refractivity contribution in [3.05, 3.63) is 29.8 Å². The molecule has 1 aromatic rings. The monoisotopic (exact) mass is 384 g/mol. The first kappa shape index (κ1) is 20.6. The fourth-order valence-corrected chi connectivity index (χ4v) is 4.37. The van der Waals surface area contributed by atoms with E-state index in [9.17, 15) is 13.2 Å². The number of sulfonamides is 1. The van der Waals surface area contributed by atoms with Crippen molar-refractivity contribution in [2.75, 3.05) is 37.7 Å². The zero-order valence-corrected chi connectivity index (χ0v) is 16.3. The number of anilines is 1. The number of carbonyl (C=O) groups excluding carboxylic acids is 1. The van der Waals surface area contributed by atoms with Crippen molar-refractivity contribution in [2.24, 2.45) is 5.92 Å². The van der Waals surface area contributed by atoms with Gasteiger partial charge in [0, 0.05) is 31.9 Å². The maximum atomic E-state index is 12.6. The number of rotatable bonds is 9. The van der Waals surface area contributed by atoms with Crippen LogP contribution in [0.25, 0.3) is 0 Å². The van der Waals surface area contributed by atoms with E-state index in [1.54, 1.807) is 6.92 Å². The van der Waals surface area contributed by atoms with Crippen molar-refractivity contribution in [1.82, 2.24) is 15.6 Å². The second kappa shape index (κ2) is 9.31. The summed E-state index contributed by atoms with van der Waals surface area (Å²) in [6.45, 7) is 7.72. The van der Waals surface area contributed by atoms with Gasteiger partial charge in [-0.2, -0.15) is 0 Å². The van der Waals surface area contributed by atoms with E-state index in [4.69, 9.17) is 4.74 Å². The smallest absolute Gasteiger partial charge is 0.313 e. The lowest BCUT2D eigenvalue weighted by Crippen LogP contribution is -2.48. The number of hydrazine groups is 1. The van der Waals surface area contributed by atoms with E-state index in [2.05, 4.69) is 26.5 Å². The molecule has 0 bridgehead atoms. The van der Waals surface area contributed by atoms with Crippen LogP contribution in [0.2, 0.25) is 0 Å².